The van der Waals surface area contributed by atoms with E-state index in [0.717, 1.165) is 19.3 Å². The first-order valence-electron chi connectivity index (χ1n) is 5.57. The summed E-state index contributed by atoms with van der Waals surface area (Å²) in [5.74, 6) is 0.582. The fourth-order valence-corrected chi connectivity index (χ4v) is 2.56. The van der Waals surface area contributed by atoms with Crippen molar-refractivity contribution in [2.45, 2.75) is 45.1 Å². The van der Waals surface area contributed by atoms with Crippen LogP contribution in [-0.2, 0) is 6.42 Å². The van der Waals surface area contributed by atoms with Gasteiger partial charge in [0.15, 0.2) is 0 Å². The van der Waals surface area contributed by atoms with Crippen molar-refractivity contribution in [2.75, 3.05) is 0 Å². The predicted molar refractivity (Wildman–Crippen MR) is 60.5 cm³/mol. The van der Waals surface area contributed by atoms with Crippen LogP contribution in [0.15, 0.2) is 18.2 Å². The lowest BCUT2D eigenvalue weighted by atomic mass is 9.78. The first kappa shape index (κ1) is 9.72. The van der Waals surface area contributed by atoms with Gasteiger partial charge in [-0.3, -0.25) is 0 Å². The molecule has 0 aliphatic heterocycles. The minimum absolute atomic E-state index is 0.370. The summed E-state index contributed by atoms with van der Waals surface area (Å²) in [6, 6.07) is 7.18. The zero-order valence-electron chi connectivity index (χ0n) is 9.09. The van der Waals surface area contributed by atoms with E-state index >= 15 is 0 Å². The molecule has 2 N–H and O–H groups in total. The van der Waals surface area contributed by atoms with Gasteiger partial charge in [-0.2, -0.15) is 0 Å². The number of aryl methyl sites for hydroxylation is 2. The maximum Gasteiger partial charge on any atom is 0.0111 e. The predicted octanol–water partition coefficient (Wildman–Crippen LogP) is 2.76. The topological polar surface area (TPSA) is 26.0 Å². The first-order chi connectivity index (χ1) is 6.72. The highest BCUT2D eigenvalue weighted by Gasteiger charge is 2.25. The summed E-state index contributed by atoms with van der Waals surface area (Å²) in [5, 5.41) is 0. The Morgan fingerprint density at radius 3 is 2.93 bits per heavy atom. The third-order valence-corrected chi connectivity index (χ3v) is 3.40. The van der Waals surface area contributed by atoms with Gasteiger partial charge >= 0.3 is 0 Å². The molecule has 0 saturated heterocycles. The van der Waals surface area contributed by atoms with Crippen molar-refractivity contribution in [3.05, 3.63) is 34.9 Å². The Bertz CT molecular complexity index is 330. The summed E-state index contributed by atoms with van der Waals surface area (Å²) < 4.78 is 0. The van der Waals surface area contributed by atoms with E-state index in [0.29, 0.717) is 12.0 Å². The van der Waals surface area contributed by atoms with E-state index in [-0.39, 0.29) is 0 Å². The van der Waals surface area contributed by atoms with Crippen LogP contribution in [0.5, 0.6) is 0 Å². The van der Waals surface area contributed by atoms with Crippen molar-refractivity contribution in [1.82, 2.24) is 0 Å². The summed E-state index contributed by atoms with van der Waals surface area (Å²) in [7, 11) is 0. The molecule has 2 rings (SSSR count). The molecule has 0 fully saturated rings. The van der Waals surface area contributed by atoms with Gasteiger partial charge in [-0.25, -0.2) is 0 Å². The maximum absolute atomic E-state index is 6.15. The Balaban J connectivity index is 2.43. The highest BCUT2D eigenvalue weighted by Crippen LogP contribution is 2.33. The van der Waals surface area contributed by atoms with E-state index in [2.05, 4.69) is 32.0 Å². The van der Waals surface area contributed by atoms with Crippen LogP contribution in [-0.4, -0.2) is 6.04 Å². The molecule has 0 bridgehead atoms. The summed E-state index contributed by atoms with van der Waals surface area (Å²) in [6.07, 6.45) is 3.47. The number of nitrogens with two attached hydrogens (primary N) is 1. The molecule has 14 heavy (non-hydrogen) atoms. The first-order valence-corrected chi connectivity index (χ1v) is 5.57. The summed E-state index contributed by atoms with van der Waals surface area (Å²) in [5.41, 5.74) is 10.5. The Morgan fingerprint density at radius 1 is 1.43 bits per heavy atom. The summed E-state index contributed by atoms with van der Waals surface area (Å²) >= 11 is 0. The molecule has 1 aromatic carbocycles. The highest BCUT2D eigenvalue weighted by molar-refractivity contribution is 5.37. The molecule has 1 aliphatic rings. The van der Waals surface area contributed by atoms with Gasteiger partial charge in [-0.15, -0.1) is 0 Å². The second kappa shape index (κ2) is 3.74. The molecular weight excluding hydrogens is 170 g/mol. The zero-order valence-corrected chi connectivity index (χ0v) is 9.09. The summed E-state index contributed by atoms with van der Waals surface area (Å²) in [4.78, 5) is 0. The minimum Gasteiger partial charge on any atom is -0.327 e. The Labute approximate surface area is 86.3 Å². The van der Waals surface area contributed by atoms with Crippen molar-refractivity contribution in [1.29, 1.82) is 0 Å². The average molecular weight is 189 g/mol. The molecule has 0 radical (unpaired) electrons. The van der Waals surface area contributed by atoms with E-state index in [1.165, 1.54) is 16.7 Å². The van der Waals surface area contributed by atoms with Gasteiger partial charge in [-0.05, 0) is 43.2 Å². The number of rotatable bonds is 1. The minimum atomic E-state index is 0.370. The van der Waals surface area contributed by atoms with E-state index in [9.17, 15) is 0 Å². The lowest BCUT2D eigenvalue weighted by Crippen LogP contribution is -2.32. The van der Waals surface area contributed by atoms with Gasteiger partial charge in [0.2, 0.25) is 0 Å². The molecule has 0 aromatic heterocycles. The van der Waals surface area contributed by atoms with Crippen LogP contribution in [0.2, 0.25) is 0 Å². The molecule has 1 aromatic rings. The quantitative estimate of drug-likeness (QED) is 0.722. The molecule has 2 unspecified atom stereocenters. The van der Waals surface area contributed by atoms with Gasteiger partial charge in [0.1, 0.15) is 0 Å². The molecule has 1 aliphatic carbocycles. The second-order valence-electron chi connectivity index (χ2n) is 4.42. The smallest absolute Gasteiger partial charge is 0.0111 e. The lowest BCUT2D eigenvalue weighted by Gasteiger charge is -2.30. The Hall–Kier alpha value is -0.820. The molecule has 2 atom stereocenters. The standard InChI is InChI=1S/C13H19N/c1-3-11-12-8-9(2)4-5-10(12)6-7-13(11)14/h4-5,8,11,13H,3,6-7,14H2,1-2H3. The van der Waals surface area contributed by atoms with Crippen LogP contribution in [0.3, 0.4) is 0 Å². The van der Waals surface area contributed by atoms with Crippen molar-refractivity contribution in [3.63, 3.8) is 0 Å². The molecule has 0 amide bonds. The van der Waals surface area contributed by atoms with Gasteiger partial charge in [0, 0.05) is 6.04 Å². The SMILES string of the molecule is CCC1c2cc(C)ccc2CCC1N. The molecule has 0 saturated carbocycles. The van der Waals surface area contributed by atoms with Gasteiger partial charge in [-0.1, -0.05) is 30.7 Å². The van der Waals surface area contributed by atoms with Crippen molar-refractivity contribution >= 4 is 0 Å². The molecule has 76 valence electrons. The Morgan fingerprint density at radius 2 is 2.21 bits per heavy atom. The van der Waals surface area contributed by atoms with Gasteiger partial charge < -0.3 is 5.73 Å². The average Bonchev–Trinajstić information content (AvgIpc) is 2.17. The van der Waals surface area contributed by atoms with Crippen LogP contribution in [0.4, 0.5) is 0 Å². The lowest BCUT2D eigenvalue weighted by molar-refractivity contribution is 0.459. The Kier molecular flexibility index (Phi) is 2.60. The fraction of sp³-hybridized carbons (Fsp3) is 0.538. The number of hydrogen-bond donors (Lipinski definition) is 1. The fourth-order valence-electron chi connectivity index (χ4n) is 2.56. The zero-order chi connectivity index (χ0) is 10.1. The third kappa shape index (κ3) is 1.57. The van der Waals surface area contributed by atoms with E-state index in [1.807, 2.05) is 0 Å². The van der Waals surface area contributed by atoms with Crippen LogP contribution < -0.4 is 5.73 Å². The van der Waals surface area contributed by atoms with Crippen molar-refractivity contribution in [2.24, 2.45) is 5.73 Å². The van der Waals surface area contributed by atoms with E-state index in [4.69, 9.17) is 5.73 Å². The molecule has 1 nitrogen and oxygen atoms in total. The van der Waals surface area contributed by atoms with Crippen LogP contribution in [0.1, 0.15) is 42.4 Å². The van der Waals surface area contributed by atoms with E-state index < -0.39 is 0 Å². The van der Waals surface area contributed by atoms with Crippen LogP contribution in [0.25, 0.3) is 0 Å². The normalized spacial score (nSPS) is 25.9. The van der Waals surface area contributed by atoms with E-state index in [1.54, 1.807) is 0 Å². The molecule has 0 spiro atoms. The third-order valence-electron chi connectivity index (χ3n) is 3.40. The van der Waals surface area contributed by atoms with Gasteiger partial charge in [0.25, 0.3) is 0 Å². The van der Waals surface area contributed by atoms with Crippen LogP contribution in [0, 0.1) is 6.92 Å². The largest absolute Gasteiger partial charge is 0.327 e. The number of benzene rings is 1. The highest BCUT2D eigenvalue weighted by atomic mass is 14.7. The monoisotopic (exact) mass is 189 g/mol. The van der Waals surface area contributed by atoms with Gasteiger partial charge in [0.05, 0.1) is 0 Å². The number of fused-ring (bicyclic) bond motifs is 1. The molecule has 1 heteroatoms. The van der Waals surface area contributed by atoms with Crippen molar-refractivity contribution in [3.8, 4) is 0 Å². The second-order valence-corrected chi connectivity index (χ2v) is 4.42. The maximum atomic E-state index is 6.15. The molecular formula is C13H19N. The summed E-state index contributed by atoms with van der Waals surface area (Å²) in [6.45, 7) is 4.40. The number of hydrogen-bond acceptors (Lipinski definition) is 1. The molecule has 0 heterocycles. The van der Waals surface area contributed by atoms with Crippen LogP contribution >= 0.6 is 0 Å². The van der Waals surface area contributed by atoms with Crippen molar-refractivity contribution < 1.29 is 0 Å².